The number of nitrogens with zero attached hydrogens (tertiary/aromatic N) is 2. The van der Waals surface area contributed by atoms with E-state index in [-0.39, 0.29) is 11.9 Å². The molecule has 3 rings (SSSR count). The third-order valence-electron chi connectivity index (χ3n) is 4.19. The SMILES string of the molecule is O=C(NC1CCCCCC1)c1cnc(Nc2cccc(Br)c2)nc1. The Labute approximate surface area is 150 Å². The van der Waals surface area contributed by atoms with Crippen LogP contribution in [0, 0.1) is 0 Å². The predicted octanol–water partition coefficient (Wildman–Crippen LogP) is 4.44. The molecule has 1 aliphatic carbocycles. The number of benzene rings is 1. The molecule has 0 atom stereocenters. The highest BCUT2D eigenvalue weighted by atomic mass is 79.9. The van der Waals surface area contributed by atoms with Gasteiger partial charge in [0.05, 0.1) is 5.56 Å². The molecule has 126 valence electrons. The third-order valence-corrected chi connectivity index (χ3v) is 4.68. The highest BCUT2D eigenvalue weighted by molar-refractivity contribution is 9.10. The minimum Gasteiger partial charge on any atom is -0.349 e. The normalized spacial score (nSPS) is 15.5. The van der Waals surface area contributed by atoms with Crippen LogP contribution in [0.25, 0.3) is 0 Å². The minimum absolute atomic E-state index is 0.0871. The van der Waals surface area contributed by atoms with Crippen molar-refractivity contribution in [2.24, 2.45) is 0 Å². The van der Waals surface area contributed by atoms with Gasteiger partial charge in [-0.2, -0.15) is 0 Å². The van der Waals surface area contributed by atoms with Crippen LogP contribution < -0.4 is 10.6 Å². The van der Waals surface area contributed by atoms with Crippen LogP contribution in [0.4, 0.5) is 11.6 Å². The first-order valence-corrected chi connectivity index (χ1v) is 9.15. The minimum atomic E-state index is -0.0871. The number of carbonyl (C=O) groups is 1. The molecule has 5 nitrogen and oxygen atoms in total. The van der Waals surface area contributed by atoms with Crippen LogP contribution in [0.5, 0.6) is 0 Å². The van der Waals surface area contributed by atoms with Crippen molar-refractivity contribution in [3.63, 3.8) is 0 Å². The summed E-state index contributed by atoms with van der Waals surface area (Å²) in [6.07, 6.45) is 10.2. The van der Waals surface area contributed by atoms with E-state index in [9.17, 15) is 4.79 Å². The Kier molecular flexibility index (Phi) is 5.80. The standard InChI is InChI=1S/C18H21BrN4O/c19-14-6-5-9-16(10-14)23-18-20-11-13(12-21-18)17(24)22-15-7-3-1-2-4-8-15/h5-6,9-12,15H,1-4,7-8H2,(H,22,24)(H,20,21,23). The van der Waals surface area contributed by atoms with Crippen molar-refractivity contribution in [2.45, 2.75) is 44.6 Å². The molecule has 6 heteroatoms. The van der Waals surface area contributed by atoms with Gasteiger partial charge < -0.3 is 10.6 Å². The van der Waals surface area contributed by atoms with Crippen molar-refractivity contribution in [1.29, 1.82) is 0 Å². The van der Waals surface area contributed by atoms with Gasteiger partial charge in [-0.15, -0.1) is 0 Å². The molecule has 0 saturated heterocycles. The molecule has 0 aliphatic heterocycles. The third kappa shape index (κ3) is 4.77. The molecule has 1 heterocycles. The topological polar surface area (TPSA) is 66.9 Å². The molecule has 1 amide bonds. The summed E-state index contributed by atoms with van der Waals surface area (Å²) < 4.78 is 0.979. The molecule has 24 heavy (non-hydrogen) atoms. The summed E-state index contributed by atoms with van der Waals surface area (Å²) in [6.45, 7) is 0. The van der Waals surface area contributed by atoms with Gasteiger partial charge in [-0.3, -0.25) is 4.79 Å². The van der Waals surface area contributed by atoms with E-state index in [0.29, 0.717) is 11.5 Å². The molecular formula is C18H21BrN4O. The second-order valence-electron chi connectivity index (χ2n) is 6.09. The number of anilines is 2. The van der Waals surface area contributed by atoms with E-state index in [0.717, 1.165) is 23.0 Å². The monoisotopic (exact) mass is 388 g/mol. The zero-order valence-corrected chi connectivity index (χ0v) is 15.1. The lowest BCUT2D eigenvalue weighted by Gasteiger charge is -2.16. The van der Waals surface area contributed by atoms with E-state index < -0.39 is 0 Å². The fraction of sp³-hybridized carbons (Fsp3) is 0.389. The quantitative estimate of drug-likeness (QED) is 0.759. The smallest absolute Gasteiger partial charge is 0.254 e. The molecule has 2 N–H and O–H groups in total. The Morgan fingerprint density at radius 3 is 2.46 bits per heavy atom. The van der Waals surface area contributed by atoms with E-state index in [2.05, 4.69) is 36.5 Å². The van der Waals surface area contributed by atoms with Crippen LogP contribution in [-0.2, 0) is 0 Å². The number of nitrogens with one attached hydrogen (secondary N) is 2. The van der Waals surface area contributed by atoms with Crippen LogP contribution in [0.15, 0.2) is 41.1 Å². The molecule has 0 unspecified atom stereocenters. The van der Waals surface area contributed by atoms with Crippen LogP contribution in [0.1, 0.15) is 48.9 Å². The van der Waals surface area contributed by atoms with Crippen LogP contribution in [-0.4, -0.2) is 21.9 Å². The van der Waals surface area contributed by atoms with Gasteiger partial charge in [0.2, 0.25) is 5.95 Å². The Morgan fingerprint density at radius 2 is 1.79 bits per heavy atom. The van der Waals surface area contributed by atoms with Crippen molar-refractivity contribution >= 4 is 33.5 Å². The number of amides is 1. The highest BCUT2D eigenvalue weighted by Gasteiger charge is 2.16. The predicted molar refractivity (Wildman–Crippen MR) is 98.4 cm³/mol. The van der Waals surface area contributed by atoms with Gasteiger partial charge in [0.1, 0.15) is 0 Å². The summed E-state index contributed by atoms with van der Waals surface area (Å²) in [4.78, 5) is 20.8. The Morgan fingerprint density at radius 1 is 1.08 bits per heavy atom. The molecule has 0 radical (unpaired) electrons. The number of carbonyl (C=O) groups excluding carboxylic acids is 1. The molecule has 0 spiro atoms. The lowest BCUT2D eigenvalue weighted by molar-refractivity contribution is 0.0932. The summed E-state index contributed by atoms with van der Waals surface area (Å²) in [7, 11) is 0. The summed E-state index contributed by atoms with van der Waals surface area (Å²) in [5.41, 5.74) is 1.39. The van der Waals surface area contributed by atoms with Gasteiger partial charge in [0.25, 0.3) is 5.91 Å². The van der Waals surface area contributed by atoms with Crippen LogP contribution in [0.2, 0.25) is 0 Å². The van der Waals surface area contributed by atoms with Gasteiger partial charge in [-0.05, 0) is 31.0 Å². The van der Waals surface area contributed by atoms with Gasteiger partial charge in [0, 0.05) is 28.6 Å². The first kappa shape index (κ1) is 16.9. The molecule has 1 aromatic carbocycles. The lowest BCUT2D eigenvalue weighted by Crippen LogP contribution is -2.34. The average molecular weight is 389 g/mol. The average Bonchev–Trinajstić information content (AvgIpc) is 2.84. The van der Waals surface area contributed by atoms with Crippen molar-refractivity contribution < 1.29 is 4.79 Å². The Hall–Kier alpha value is -1.95. The van der Waals surface area contributed by atoms with Gasteiger partial charge in [-0.25, -0.2) is 9.97 Å². The molecule has 1 fully saturated rings. The molecule has 1 saturated carbocycles. The van der Waals surface area contributed by atoms with Crippen molar-refractivity contribution in [2.75, 3.05) is 5.32 Å². The highest BCUT2D eigenvalue weighted by Crippen LogP contribution is 2.19. The first-order chi connectivity index (χ1) is 11.7. The van der Waals surface area contributed by atoms with E-state index in [1.807, 2.05) is 24.3 Å². The van der Waals surface area contributed by atoms with E-state index in [1.54, 1.807) is 12.4 Å². The van der Waals surface area contributed by atoms with E-state index >= 15 is 0 Å². The number of hydrogen-bond donors (Lipinski definition) is 2. The lowest BCUT2D eigenvalue weighted by atomic mass is 10.1. The number of aromatic nitrogens is 2. The molecule has 1 aliphatic rings. The van der Waals surface area contributed by atoms with Gasteiger partial charge in [0.15, 0.2) is 0 Å². The maximum atomic E-state index is 12.3. The van der Waals surface area contributed by atoms with Crippen LogP contribution in [0.3, 0.4) is 0 Å². The van der Waals surface area contributed by atoms with E-state index in [4.69, 9.17) is 0 Å². The molecule has 0 bridgehead atoms. The van der Waals surface area contributed by atoms with Crippen molar-refractivity contribution in [3.8, 4) is 0 Å². The molecule has 1 aromatic heterocycles. The summed E-state index contributed by atoms with van der Waals surface area (Å²) in [5.74, 6) is 0.384. The second-order valence-corrected chi connectivity index (χ2v) is 7.01. The maximum absolute atomic E-state index is 12.3. The fourth-order valence-corrected chi connectivity index (χ4v) is 3.30. The van der Waals surface area contributed by atoms with Gasteiger partial charge >= 0.3 is 0 Å². The maximum Gasteiger partial charge on any atom is 0.254 e. The summed E-state index contributed by atoms with van der Waals surface area (Å²) >= 11 is 3.43. The Bertz CT molecular complexity index is 682. The zero-order valence-electron chi connectivity index (χ0n) is 13.5. The van der Waals surface area contributed by atoms with E-state index in [1.165, 1.54) is 25.7 Å². The van der Waals surface area contributed by atoms with Crippen LogP contribution >= 0.6 is 15.9 Å². The number of halogens is 1. The van der Waals surface area contributed by atoms with Crippen molar-refractivity contribution in [3.05, 3.63) is 46.7 Å². The fourth-order valence-electron chi connectivity index (χ4n) is 2.90. The number of rotatable bonds is 4. The summed E-state index contributed by atoms with van der Waals surface area (Å²) in [6, 6.07) is 8.03. The van der Waals surface area contributed by atoms with Gasteiger partial charge in [-0.1, -0.05) is 47.7 Å². The molecular weight excluding hydrogens is 368 g/mol. The zero-order chi connectivity index (χ0) is 16.8. The number of hydrogen-bond acceptors (Lipinski definition) is 4. The Balaban J connectivity index is 1.60. The largest absolute Gasteiger partial charge is 0.349 e. The summed E-state index contributed by atoms with van der Waals surface area (Å²) in [5, 5.41) is 6.22. The first-order valence-electron chi connectivity index (χ1n) is 8.36. The molecule has 2 aromatic rings. The second kappa shape index (κ2) is 8.24. The van der Waals surface area contributed by atoms with Crippen molar-refractivity contribution in [1.82, 2.24) is 15.3 Å².